The van der Waals surface area contributed by atoms with Gasteiger partial charge < -0.3 is 0 Å². The van der Waals surface area contributed by atoms with Crippen molar-refractivity contribution < 1.29 is 9.59 Å². The van der Waals surface area contributed by atoms with Crippen LogP contribution in [0.1, 0.15) is 34.6 Å². The van der Waals surface area contributed by atoms with Crippen LogP contribution < -0.4 is 0 Å². The molecule has 0 radical (unpaired) electrons. The molecule has 2 nitrogen and oxygen atoms in total. The fourth-order valence-corrected chi connectivity index (χ4v) is 1.41. The van der Waals surface area contributed by atoms with Gasteiger partial charge in [0.15, 0.2) is 5.78 Å². The number of aldehydes is 1. The molecule has 0 aliphatic carbocycles. The Kier molecular flexibility index (Phi) is 7.11. The van der Waals surface area contributed by atoms with Crippen molar-refractivity contribution in [3.8, 4) is 0 Å². The van der Waals surface area contributed by atoms with Crippen molar-refractivity contribution in [3.63, 3.8) is 0 Å². The zero-order valence-electron chi connectivity index (χ0n) is 11.4. The van der Waals surface area contributed by atoms with E-state index in [4.69, 9.17) is 0 Å². The first-order valence-electron chi connectivity index (χ1n) is 5.94. The first-order chi connectivity index (χ1) is 7.90. The lowest BCUT2D eigenvalue weighted by molar-refractivity contribution is -0.114. The molecule has 0 amide bonds. The van der Waals surface area contributed by atoms with Gasteiger partial charge in [-0.05, 0) is 29.9 Å². The molecule has 0 fully saturated rings. The van der Waals surface area contributed by atoms with Crippen LogP contribution in [0.5, 0.6) is 0 Å². The van der Waals surface area contributed by atoms with E-state index >= 15 is 0 Å². The Balaban J connectivity index is 4.79. The largest absolute Gasteiger partial charge is 0.298 e. The van der Waals surface area contributed by atoms with Crippen molar-refractivity contribution in [2.24, 2.45) is 11.8 Å². The minimum Gasteiger partial charge on any atom is -0.298 e. The van der Waals surface area contributed by atoms with Gasteiger partial charge in [0.1, 0.15) is 6.29 Å². The second kappa shape index (κ2) is 7.77. The minimum absolute atomic E-state index is 0.0908. The highest BCUT2D eigenvalue weighted by molar-refractivity contribution is 5.93. The van der Waals surface area contributed by atoms with E-state index in [0.717, 1.165) is 17.4 Å². The maximum atomic E-state index is 11.3. The van der Waals surface area contributed by atoms with Crippen molar-refractivity contribution in [2.75, 3.05) is 0 Å². The minimum atomic E-state index is 0.0908. The molecule has 0 rings (SSSR count). The molecule has 0 aromatic rings. The van der Waals surface area contributed by atoms with Gasteiger partial charge in [-0.1, -0.05) is 52.0 Å². The number of allylic oxidation sites excluding steroid dienone is 6. The first-order valence-corrected chi connectivity index (χ1v) is 5.94. The van der Waals surface area contributed by atoms with Gasteiger partial charge in [0.05, 0.1) is 0 Å². The smallest absolute Gasteiger partial charge is 0.156 e. The van der Waals surface area contributed by atoms with Gasteiger partial charge in [0.25, 0.3) is 0 Å². The van der Waals surface area contributed by atoms with Gasteiger partial charge in [-0.3, -0.25) is 9.59 Å². The summed E-state index contributed by atoms with van der Waals surface area (Å²) in [6.45, 7) is 9.49. The fraction of sp³-hybridized carbons (Fsp3) is 0.467. The molecule has 17 heavy (non-hydrogen) atoms. The maximum Gasteiger partial charge on any atom is 0.156 e. The van der Waals surface area contributed by atoms with Crippen molar-refractivity contribution in [1.29, 1.82) is 0 Å². The molecule has 0 aromatic carbocycles. The van der Waals surface area contributed by atoms with E-state index in [1.54, 1.807) is 19.1 Å². The Morgan fingerprint density at radius 3 is 1.82 bits per heavy atom. The van der Waals surface area contributed by atoms with E-state index in [9.17, 15) is 9.59 Å². The van der Waals surface area contributed by atoms with E-state index < -0.39 is 0 Å². The zero-order valence-corrected chi connectivity index (χ0v) is 11.4. The monoisotopic (exact) mass is 234 g/mol. The molecule has 2 heteroatoms. The molecule has 0 spiro atoms. The van der Waals surface area contributed by atoms with E-state index in [1.165, 1.54) is 0 Å². The van der Waals surface area contributed by atoms with Crippen LogP contribution in [-0.4, -0.2) is 12.1 Å². The number of carbonyl (C=O) groups is 2. The normalized spacial score (nSPS) is 13.8. The molecular formula is C15H22O2. The fourth-order valence-electron chi connectivity index (χ4n) is 1.41. The predicted molar refractivity (Wildman–Crippen MR) is 71.7 cm³/mol. The van der Waals surface area contributed by atoms with Crippen LogP contribution in [0.2, 0.25) is 0 Å². The third-order valence-electron chi connectivity index (χ3n) is 2.51. The van der Waals surface area contributed by atoms with Crippen molar-refractivity contribution >= 4 is 12.1 Å². The lowest BCUT2D eigenvalue weighted by Gasteiger charge is -2.05. The Morgan fingerprint density at radius 2 is 1.47 bits per heavy atom. The summed E-state index contributed by atoms with van der Waals surface area (Å²) in [5.41, 5.74) is 1.55. The maximum absolute atomic E-state index is 11.3. The molecular weight excluding hydrogens is 212 g/mol. The second-order valence-corrected chi connectivity index (χ2v) is 4.66. The van der Waals surface area contributed by atoms with Gasteiger partial charge in [-0.25, -0.2) is 0 Å². The van der Waals surface area contributed by atoms with Crippen LogP contribution in [0.3, 0.4) is 0 Å². The number of Topliss-reactive ketones (excluding diaryl/α,β-unsaturated/α-hetero) is 1. The number of hydrogen-bond donors (Lipinski definition) is 0. The molecule has 0 N–H and O–H groups in total. The van der Waals surface area contributed by atoms with Gasteiger partial charge in [-0.2, -0.15) is 0 Å². The van der Waals surface area contributed by atoms with Crippen molar-refractivity contribution in [1.82, 2.24) is 0 Å². The summed E-state index contributed by atoms with van der Waals surface area (Å²) in [6, 6.07) is 0. The lowest BCUT2D eigenvalue weighted by Crippen LogP contribution is -2.03. The summed E-state index contributed by atoms with van der Waals surface area (Å²) in [7, 11) is 0. The Morgan fingerprint density at radius 1 is 0.941 bits per heavy atom. The second-order valence-electron chi connectivity index (χ2n) is 4.66. The molecule has 0 aliphatic heterocycles. The topological polar surface area (TPSA) is 34.1 Å². The average Bonchev–Trinajstić information content (AvgIpc) is 2.21. The summed E-state index contributed by atoms with van der Waals surface area (Å²) >= 11 is 0. The Bertz CT molecular complexity index is 355. The number of rotatable bonds is 6. The SMILES string of the molecule is CC(=O)/C(=C/C=C/C=C(/C=O)C(C)C)C(C)C. The van der Waals surface area contributed by atoms with Gasteiger partial charge in [0.2, 0.25) is 0 Å². The summed E-state index contributed by atoms with van der Waals surface area (Å²) in [4.78, 5) is 22.0. The highest BCUT2D eigenvalue weighted by Crippen LogP contribution is 2.11. The van der Waals surface area contributed by atoms with E-state index in [0.29, 0.717) is 0 Å². The number of ketones is 1. The Labute approximate surface area is 104 Å². The molecule has 0 saturated carbocycles. The molecule has 0 saturated heterocycles. The molecule has 0 aromatic heterocycles. The molecule has 0 aliphatic rings. The van der Waals surface area contributed by atoms with E-state index in [2.05, 4.69) is 0 Å². The molecule has 94 valence electrons. The van der Waals surface area contributed by atoms with Gasteiger partial charge in [-0.15, -0.1) is 0 Å². The summed E-state index contributed by atoms with van der Waals surface area (Å²) in [5, 5.41) is 0. The molecule has 0 bridgehead atoms. The van der Waals surface area contributed by atoms with Crippen LogP contribution >= 0.6 is 0 Å². The number of carbonyl (C=O) groups excluding carboxylic acids is 2. The summed E-state index contributed by atoms with van der Waals surface area (Å²) in [6.07, 6.45) is 8.07. The quantitative estimate of drug-likeness (QED) is 0.400. The third-order valence-corrected chi connectivity index (χ3v) is 2.51. The van der Waals surface area contributed by atoms with Crippen molar-refractivity contribution in [2.45, 2.75) is 34.6 Å². The van der Waals surface area contributed by atoms with Crippen LogP contribution in [-0.2, 0) is 9.59 Å². The highest BCUT2D eigenvalue weighted by Gasteiger charge is 2.06. The zero-order chi connectivity index (χ0) is 13.4. The van der Waals surface area contributed by atoms with Gasteiger partial charge in [0, 0.05) is 0 Å². The summed E-state index contributed by atoms with van der Waals surface area (Å²) < 4.78 is 0. The lowest BCUT2D eigenvalue weighted by atomic mass is 9.99. The predicted octanol–water partition coefficient (Wildman–Crippen LogP) is 3.50. The molecule has 0 heterocycles. The van der Waals surface area contributed by atoms with Crippen LogP contribution in [0.4, 0.5) is 0 Å². The Hall–Kier alpha value is -1.44. The first kappa shape index (κ1) is 15.6. The standard InChI is InChI=1S/C15H22O2/c1-11(2)14(10-16)8-6-7-9-15(12(3)4)13(5)17/h6-12H,1-5H3/b7-6+,14-8-,15-9+. The van der Waals surface area contributed by atoms with E-state index in [-0.39, 0.29) is 17.6 Å². The molecule has 0 atom stereocenters. The van der Waals surface area contributed by atoms with Crippen LogP contribution in [0.15, 0.2) is 35.5 Å². The van der Waals surface area contributed by atoms with E-state index in [1.807, 2.05) is 39.8 Å². The number of hydrogen-bond acceptors (Lipinski definition) is 2. The highest BCUT2D eigenvalue weighted by atomic mass is 16.1. The molecule has 0 unspecified atom stereocenters. The average molecular weight is 234 g/mol. The van der Waals surface area contributed by atoms with Crippen LogP contribution in [0, 0.1) is 11.8 Å². The third kappa shape index (κ3) is 6.00. The van der Waals surface area contributed by atoms with Crippen LogP contribution in [0.25, 0.3) is 0 Å². The summed E-state index contributed by atoms with van der Waals surface area (Å²) in [5.74, 6) is 0.531. The van der Waals surface area contributed by atoms with Gasteiger partial charge >= 0.3 is 0 Å². The van der Waals surface area contributed by atoms with Crippen molar-refractivity contribution in [3.05, 3.63) is 35.5 Å².